The van der Waals surface area contributed by atoms with Crippen molar-refractivity contribution in [3.8, 4) is 0 Å². The maximum Gasteiger partial charge on any atom is 0.419 e. The number of aromatic nitrogens is 2. The number of nitrogens with one attached hydrogen (secondary N) is 1. The lowest BCUT2D eigenvalue weighted by Gasteiger charge is -2.34. The minimum absolute atomic E-state index is 0.0110. The van der Waals surface area contributed by atoms with E-state index in [2.05, 4.69) is 5.32 Å². The second kappa shape index (κ2) is 10.2. The van der Waals surface area contributed by atoms with E-state index in [-0.39, 0.29) is 11.9 Å². The van der Waals surface area contributed by atoms with E-state index in [4.69, 9.17) is 9.97 Å². The number of halogens is 4. The quantitative estimate of drug-likeness (QED) is 0.455. The van der Waals surface area contributed by atoms with Crippen molar-refractivity contribution < 1.29 is 27.2 Å². The van der Waals surface area contributed by atoms with Gasteiger partial charge in [-0.3, -0.25) is 9.69 Å². The fraction of sp³-hybridized carbons (Fsp3) is 0.520. The number of amides is 1. The molecule has 37 heavy (non-hydrogen) atoms. The van der Waals surface area contributed by atoms with Crippen molar-refractivity contribution in [1.82, 2.24) is 19.8 Å². The predicted molar refractivity (Wildman–Crippen MR) is 129 cm³/mol. The van der Waals surface area contributed by atoms with Crippen LogP contribution in [-0.2, 0) is 22.3 Å². The second-order valence-corrected chi connectivity index (χ2v) is 9.68. The fourth-order valence-corrected chi connectivity index (χ4v) is 4.78. The molecule has 0 spiro atoms. The van der Waals surface area contributed by atoms with Crippen molar-refractivity contribution in [1.29, 1.82) is 0 Å². The molecule has 3 heterocycles. The normalized spacial score (nSPS) is 19.2. The summed E-state index contributed by atoms with van der Waals surface area (Å²) in [5, 5.41) is 3.22. The molecule has 2 aliphatic rings. The number of fused-ring (bicyclic) bond motifs is 1. The van der Waals surface area contributed by atoms with Gasteiger partial charge in [-0.25, -0.2) is 9.37 Å². The van der Waals surface area contributed by atoms with E-state index in [1.54, 1.807) is 11.8 Å². The van der Waals surface area contributed by atoms with Gasteiger partial charge in [-0.15, -0.1) is 0 Å². The van der Waals surface area contributed by atoms with Gasteiger partial charge in [-0.1, -0.05) is 6.07 Å². The number of hydrogen-bond donors (Lipinski definition) is 1. The number of aldehydes is 1. The van der Waals surface area contributed by atoms with E-state index >= 15 is 0 Å². The zero-order chi connectivity index (χ0) is 27.1. The maximum atomic E-state index is 14.2. The molecule has 200 valence electrons. The lowest BCUT2D eigenvalue weighted by atomic mass is 10.0. The summed E-state index contributed by atoms with van der Waals surface area (Å²) in [5.74, 6) is -0.518. The molecule has 1 N–H and O–H groups in total. The summed E-state index contributed by atoms with van der Waals surface area (Å²) in [6, 6.07) is 1.73. The first-order valence-corrected chi connectivity index (χ1v) is 12.2. The molecule has 1 aromatic heterocycles. The highest BCUT2D eigenvalue weighted by Gasteiger charge is 2.37. The van der Waals surface area contributed by atoms with Crippen LogP contribution < -0.4 is 10.2 Å². The Balaban J connectivity index is 1.68. The Labute approximate surface area is 212 Å². The molecule has 1 fully saturated rings. The summed E-state index contributed by atoms with van der Waals surface area (Å²) < 4.78 is 53.3. The van der Waals surface area contributed by atoms with Crippen LogP contribution in [0.25, 0.3) is 0 Å². The van der Waals surface area contributed by atoms with Crippen molar-refractivity contribution >= 4 is 24.0 Å². The SMILES string of the molecule is CC(=O)N1CCN(c2nc(NC(C)c3ccc(C(F)(F)F)c(F)c3)c3c(n2)[C@H](C=O)N(C(C)C)C3)CC1. The van der Waals surface area contributed by atoms with Gasteiger partial charge in [0.1, 0.15) is 24.0 Å². The first-order valence-electron chi connectivity index (χ1n) is 12.2. The van der Waals surface area contributed by atoms with Gasteiger partial charge in [0.2, 0.25) is 11.9 Å². The first-order chi connectivity index (χ1) is 17.4. The lowest BCUT2D eigenvalue weighted by molar-refractivity contribution is -0.140. The van der Waals surface area contributed by atoms with Gasteiger partial charge in [0, 0.05) is 51.3 Å². The molecular formula is C25H30F4N6O2. The first kappa shape index (κ1) is 26.8. The van der Waals surface area contributed by atoms with Crippen LogP contribution in [0.2, 0.25) is 0 Å². The molecule has 0 radical (unpaired) electrons. The Bertz CT molecular complexity index is 1180. The van der Waals surface area contributed by atoms with Crippen LogP contribution in [-0.4, -0.2) is 64.2 Å². The summed E-state index contributed by atoms with van der Waals surface area (Å²) in [6.07, 6.45) is -3.94. The molecule has 1 unspecified atom stereocenters. The van der Waals surface area contributed by atoms with Crippen molar-refractivity contribution in [3.05, 3.63) is 46.4 Å². The van der Waals surface area contributed by atoms with Gasteiger partial charge in [-0.05, 0) is 38.5 Å². The van der Waals surface area contributed by atoms with Crippen molar-refractivity contribution in [2.45, 2.75) is 58.5 Å². The molecule has 2 aliphatic heterocycles. The number of carbonyl (C=O) groups excluding carboxylic acids is 2. The summed E-state index contributed by atoms with van der Waals surface area (Å²) >= 11 is 0. The van der Waals surface area contributed by atoms with Gasteiger partial charge in [0.05, 0.1) is 17.3 Å². The maximum absolute atomic E-state index is 14.2. The summed E-state index contributed by atoms with van der Waals surface area (Å²) in [6.45, 7) is 9.61. The van der Waals surface area contributed by atoms with Crippen LogP contribution in [0.5, 0.6) is 0 Å². The van der Waals surface area contributed by atoms with Gasteiger partial charge in [0.25, 0.3) is 0 Å². The molecule has 1 amide bonds. The summed E-state index contributed by atoms with van der Waals surface area (Å²) in [5.41, 5.74) is 0.284. The molecule has 0 bridgehead atoms. The van der Waals surface area contributed by atoms with Gasteiger partial charge >= 0.3 is 6.18 Å². The molecule has 1 saturated heterocycles. The highest BCUT2D eigenvalue weighted by molar-refractivity contribution is 5.73. The number of rotatable bonds is 6. The average Bonchev–Trinajstić information content (AvgIpc) is 3.22. The van der Waals surface area contributed by atoms with E-state index in [9.17, 15) is 27.2 Å². The molecule has 8 nitrogen and oxygen atoms in total. The van der Waals surface area contributed by atoms with Crippen LogP contribution in [0, 0.1) is 5.82 Å². The zero-order valence-corrected chi connectivity index (χ0v) is 21.1. The van der Waals surface area contributed by atoms with Gasteiger partial charge in [-0.2, -0.15) is 18.2 Å². The van der Waals surface area contributed by atoms with Crippen LogP contribution >= 0.6 is 0 Å². The molecule has 2 atom stereocenters. The minimum Gasteiger partial charge on any atom is -0.363 e. The largest absolute Gasteiger partial charge is 0.419 e. The fourth-order valence-electron chi connectivity index (χ4n) is 4.78. The highest BCUT2D eigenvalue weighted by atomic mass is 19.4. The van der Waals surface area contributed by atoms with E-state index in [0.29, 0.717) is 55.7 Å². The molecule has 0 aliphatic carbocycles. The molecule has 4 rings (SSSR count). The predicted octanol–water partition coefficient (Wildman–Crippen LogP) is 3.94. The van der Waals surface area contributed by atoms with Crippen LogP contribution in [0.3, 0.4) is 0 Å². The highest BCUT2D eigenvalue weighted by Crippen LogP contribution is 2.39. The number of benzene rings is 1. The number of anilines is 2. The van der Waals surface area contributed by atoms with Crippen molar-refractivity contribution in [3.63, 3.8) is 0 Å². The summed E-state index contributed by atoms with van der Waals surface area (Å²) in [4.78, 5) is 38.9. The molecule has 0 saturated carbocycles. The summed E-state index contributed by atoms with van der Waals surface area (Å²) in [7, 11) is 0. The van der Waals surface area contributed by atoms with Crippen LogP contribution in [0.1, 0.15) is 62.2 Å². The molecule has 2 aromatic rings. The van der Waals surface area contributed by atoms with E-state index in [1.165, 1.54) is 13.0 Å². The third-order valence-electron chi connectivity index (χ3n) is 6.96. The van der Waals surface area contributed by atoms with Gasteiger partial charge in [0.15, 0.2) is 0 Å². The smallest absolute Gasteiger partial charge is 0.363 e. The Morgan fingerprint density at radius 2 is 1.81 bits per heavy atom. The Morgan fingerprint density at radius 1 is 1.14 bits per heavy atom. The third kappa shape index (κ3) is 5.39. The number of nitrogens with zero attached hydrogens (tertiary/aromatic N) is 5. The van der Waals surface area contributed by atoms with Crippen LogP contribution in [0.4, 0.5) is 29.3 Å². The molecular weight excluding hydrogens is 492 g/mol. The van der Waals surface area contributed by atoms with E-state index in [0.717, 1.165) is 24.0 Å². The standard InChI is InChI=1S/C25H30F4N6O2/c1-14(2)35-12-18-22(21(35)13-36)31-24(34-9-7-33(8-10-34)16(4)37)32-23(18)30-15(3)17-5-6-19(20(26)11-17)25(27,28)29/h5-6,11,13-15,21H,7-10,12H2,1-4H3,(H,30,31,32)/t15?,21-/m0/s1. The third-order valence-corrected chi connectivity index (χ3v) is 6.96. The van der Waals surface area contributed by atoms with Crippen LogP contribution in [0.15, 0.2) is 18.2 Å². The lowest BCUT2D eigenvalue weighted by Crippen LogP contribution is -2.48. The van der Waals surface area contributed by atoms with Crippen molar-refractivity contribution in [2.24, 2.45) is 0 Å². The number of carbonyl (C=O) groups is 2. The van der Waals surface area contributed by atoms with E-state index < -0.39 is 29.6 Å². The number of piperazine rings is 1. The molecule has 12 heteroatoms. The average molecular weight is 523 g/mol. The van der Waals surface area contributed by atoms with Gasteiger partial charge < -0.3 is 19.9 Å². The number of hydrogen-bond acceptors (Lipinski definition) is 7. The number of alkyl halides is 3. The molecule has 1 aromatic carbocycles. The Hall–Kier alpha value is -3.28. The van der Waals surface area contributed by atoms with Crippen molar-refractivity contribution in [2.75, 3.05) is 36.4 Å². The van der Waals surface area contributed by atoms with E-state index in [1.807, 2.05) is 23.6 Å². The topological polar surface area (TPSA) is 81.7 Å². The second-order valence-electron chi connectivity index (χ2n) is 9.68. The minimum atomic E-state index is -4.78. The zero-order valence-electron chi connectivity index (χ0n) is 21.1. The monoisotopic (exact) mass is 522 g/mol. The Kier molecular flexibility index (Phi) is 7.40. The Morgan fingerprint density at radius 3 is 2.35 bits per heavy atom.